The predicted molar refractivity (Wildman–Crippen MR) is 127 cm³/mol. The van der Waals surface area contributed by atoms with Gasteiger partial charge in [-0.2, -0.15) is 0 Å². The Bertz CT molecular complexity index is 1130. The van der Waals surface area contributed by atoms with Crippen LogP contribution in [-0.4, -0.2) is 71.8 Å². The Morgan fingerprint density at radius 2 is 1.88 bits per heavy atom. The molecule has 10 heteroatoms. The van der Waals surface area contributed by atoms with E-state index in [-0.39, 0.29) is 5.69 Å². The lowest BCUT2D eigenvalue weighted by atomic mass is 9.96. The van der Waals surface area contributed by atoms with Crippen LogP contribution in [0.25, 0.3) is 10.9 Å². The number of nitrogens with two attached hydrogens (primary N) is 1. The number of ether oxygens (including phenoxy) is 1. The van der Waals surface area contributed by atoms with Gasteiger partial charge < -0.3 is 25.6 Å². The molecule has 0 saturated carbocycles. The summed E-state index contributed by atoms with van der Waals surface area (Å²) >= 11 is 0. The smallest absolute Gasteiger partial charge is 0.267 e. The standard InChI is InChI=1S/C23H28N8O2/c24-21(32)18-3-7-26-23(28-18)27-15-16-4-8-31(9-5-16)22-17-2-1-6-25-19(17)14-20(29-22)30-10-12-33-13-11-30/h1-3,6-7,14,16H,4-5,8-13,15H2,(H2,24,32)(H,26,27,28). The Balaban J connectivity index is 1.27. The third-order valence-corrected chi connectivity index (χ3v) is 6.27. The molecule has 1 amide bonds. The lowest BCUT2D eigenvalue weighted by Crippen LogP contribution is -2.38. The molecule has 3 aromatic heterocycles. The van der Waals surface area contributed by atoms with Crippen molar-refractivity contribution in [2.75, 3.05) is 61.1 Å². The zero-order chi connectivity index (χ0) is 22.6. The maximum Gasteiger partial charge on any atom is 0.267 e. The lowest BCUT2D eigenvalue weighted by Gasteiger charge is -2.34. The molecule has 5 heterocycles. The van der Waals surface area contributed by atoms with Crippen molar-refractivity contribution in [3.8, 4) is 0 Å². The first-order valence-electron chi connectivity index (χ1n) is 11.4. The van der Waals surface area contributed by atoms with Crippen LogP contribution in [0, 0.1) is 5.92 Å². The molecular formula is C23H28N8O2. The van der Waals surface area contributed by atoms with Crippen LogP contribution >= 0.6 is 0 Å². The minimum absolute atomic E-state index is 0.217. The van der Waals surface area contributed by atoms with Crippen molar-refractivity contribution in [1.82, 2.24) is 19.9 Å². The van der Waals surface area contributed by atoms with E-state index in [9.17, 15) is 4.79 Å². The molecular weight excluding hydrogens is 420 g/mol. The quantitative estimate of drug-likeness (QED) is 0.580. The molecule has 2 aliphatic heterocycles. The number of carbonyl (C=O) groups excluding carboxylic acids is 1. The van der Waals surface area contributed by atoms with E-state index in [0.29, 0.717) is 11.9 Å². The van der Waals surface area contributed by atoms with Crippen molar-refractivity contribution in [2.45, 2.75) is 12.8 Å². The molecule has 3 aromatic rings. The Kier molecular flexibility index (Phi) is 6.16. The predicted octanol–water partition coefficient (Wildman–Crippen LogP) is 1.68. The largest absolute Gasteiger partial charge is 0.378 e. The number of nitrogens with one attached hydrogen (secondary N) is 1. The number of hydrogen-bond acceptors (Lipinski definition) is 9. The number of carbonyl (C=O) groups is 1. The van der Waals surface area contributed by atoms with Crippen molar-refractivity contribution in [3.63, 3.8) is 0 Å². The molecule has 0 aromatic carbocycles. The van der Waals surface area contributed by atoms with E-state index in [1.807, 2.05) is 12.3 Å². The fourth-order valence-corrected chi connectivity index (χ4v) is 4.41. The number of aromatic nitrogens is 4. The number of anilines is 3. The highest BCUT2D eigenvalue weighted by molar-refractivity contribution is 5.92. The zero-order valence-corrected chi connectivity index (χ0v) is 18.5. The Labute approximate surface area is 192 Å². The molecule has 5 rings (SSSR count). The minimum atomic E-state index is -0.553. The van der Waals surface area contributed by atoms with Gasteiger partial charge in [-0.05, 0) is 37.0 Å². The molecule has 0 radical (unpaired) electrons. The van der Waals surface area contributed by atoms with Gasteiger partial charge in [0, 0.05) is 56.6 Å². The SMILES string of the molecule is NC(=O)c1ccnc(NCC2CCN(c3nc(N4CCOCC4)cc4ncccc34)CC2)n1. The van der Waals surface area contributed by atoms with Crippen LogP contribution in [0.3, 0.4) is 0 Å². The van der Waals surface area contributed by atoms with Gasteiger partial charge in [-0.15, -0.1) is 0 Å². The number of hydrogen-bond donors (Lipinski definition) is 2. The van der Waals surface area contributed by atoms with E-state index < -0.39 is 5.91 Å². The maximum atomic E-state index is 11.3. The van der Waals surface area contributed by atoms with Crippen LogP contribution < -0.4 is 20.9 Å². The molecule has 2 fully saturated rings. The third kappa shape index (κ3) is 4.80. The van der Waals surface area contributed by atoms with Crippen LogP contribution in [0.4, 0.5) is 17.6 Å². The fourth-order valence-electron chi connectivity index (χ4n) is 4.41. The van der Waals surface area contributed by atoms with Crippen molar-refractivity contribution in [2.24, 2.45) is 11.7 Å². The topological polar surface area (TPSA) is 122 Å². The van der Waals surface area contributed by atoms with E-state index in [2.05, 4.69) is 42.2 Å². The second-order valence-corrected chi connectivity index (χ2v) is 8.41. The number of rotatable bonds is 6. The molecule has 0 spiro atoms. The highest BCUT2D eigenvalue weighted by Gasteiger charge is 2.24. The average molecular weight is 449 g/mol. The van der Waals surface area contributed by atoms with Crippen molar-refractivity contribution in [3.05, 3.63) is 42.4 Å². The molecule has 10 nitrogen and oxygen atoms in total. The highest BCUT2D eigenvalue weighted by atomic mass is 16.5. The van der Waals surface area contributed by atoms with Gasteiger partial charge in [-0.3, -0.25) is 9.78 Å². The molecule has 2 saturated heterocycles. The van der Waals surface area contributed by atoms with Crippen LogP contribution in [0.2, 0.25) is 0 Å². The first-order chi connectivity index (χ1) is 16.2. The van der Waals surface area contributed by atoms with E-state index in [1.165, 1.54) is 6.07 Å². The lowest BCUT2D eigenvalue weighted by molar-refractivity contribution is 0.0995. The van der Waals surface area contributed by atoms with Gasteiger partial charge in [0.05, 0.1) is 18.7 Å². The van der Waals surface area contributed by atoms with Gasteiger partial charge in [0.25, 0.3) is 5.91 Å². The number of morpholine rings is 1. The zero-order valence-electron chi connectivity index (χ0n) is 18.5. The molecule has 0 atom stereocenters. The molecule has 0 bridgehead atoms. The second-order valence-electron chi connectivity index (χ2n) is 8.41. The first-order valence-corrected chi connectivity index (χ1v) is 11.4. The number of primary amides is 1. The number of pyridine rings is 2. The number of fused-ring (bicyclic) bond motifs is 1. The van der Waals surface area contributed by atoms with Crippen LogP contribution in [0.5, 0.6) is 0 Å². The van der Waals surface area contributed by atoms with Crippen molar-refractivity contribution >= 4 is 34.4 Å². The molecule has 0 aliphatic carbocycles. The third-order valence-electron chi connectivity index (χ3n) is 6.27. The number of amides is 1. The Morgan fingerprint density at radius 1 is 1.06 bits per heavy atom. The minimum Gasteiger partial charge on any atom is -0.378 e. The number of piperidine rings is 1. The molecule has 172 valence electrons. The van der Waals surface area contributed by atoms with Gasteiger partial charge in [-0.25, -0.2) is 15.0 Å². The summed E-state index contributed by atoms with van der Waals surface area (Å²) in [6.45, 7) is 5.72. The van der Waals surface area contributed by atoms with Crippen molar-refractivity contribution < 1.29 is 9.53 Å². The molecule has 33 heavy (non-hydrogen) atoms. The monoisotopic (exact) mass is 448 g/mol. The van der Waals surface area contributed by atoms with Gasteiger partial charge >= 0.3 is 0 Å². The van der Waals surface area contributed by atoms with Gasteiger partial charge in [0.2, 0.25) is 5.95 Å². The Hall–Kier alpha value is -3.53. The van der Waals surface area contributed by atoms with Crippen LogP contribution in [-0.2, 0) is 4.74 Å². The van der Waals surface area contributed by atoms with E-state index in [4.69, 9.17) is 15.5 Å². The average Bonchev–Trinajstić information content (AvgIpc) is 2.88. The summed E-state index contributed by atoms with van der Waals surface area (Å²) in [5.74, 6) is 2.34. The summed E-state index contributed by atoms with van der Waals surface area (Å²) in [7, 11) is 0. The van der Waals surface area contributed by atoms with Gasteiger partial charge in [0.1, 0.15) is 17.3 Å². The van der Waals surface area contributed by atoms with Gasteiger partial charge in [0.15, 0.2) is 0 Å². The summed E-state index contributed by atoms with van der Waals surface area (Å²) in [5, 5.41) is 4.34. The first kappa shape index (κ1) is 21.3. The summed E-state index contributed by atoms with van der Waals surface area (Å²) < 4.78 is 5.51. The van der Waals surface area contributed by atoms with E-state index >= 15 is 0 Å². The summed E-state index contributed by atoms with van der Waals surface area (Å²) in [5.41, 5.74) is 6.50. The second kappa shape index (κ2) is 9.53. The van der Waals surface area contributed by atoms with Gasteiger partial charge in [-0.1, -0.05) is 0 Å². The van der Waals surface area contributed by atoms with Crippen molar-refractivity contribution in [1.29, 1.82) is 0 Å². The molecule has 0 unspecified atom stereocenters. The summed E-state index contributed by atoms with van der Waals surface area (Å²) in [4.78, 5) is 34.0. The Morgan fingerprint density at radius 3 is 2.67 bits per heavy atom. The molecule has 3 N–H and O–H groups in total. The normalized spacial score (nSPS) is 17.3. The number of nitrogens with zero attached hydrogens (tertiary/aromatic N) is 6. The summed E-state index contributed by atoms with van der Waals surface area (Å²) in [6, 6.07) is 7.67. The van der Waals surface area contributed by atoms with E-state index in [1.54, 1.807) is 6.20 Å². The molecule has 2 aliphatic rings. The van der Waals surface area contributed by atoms with E-state index in [0.717, 1.165) is 81.3 Å². The van der Waals surface area contributed by atoms with Crippen LogP contribution in [0.15, 0.2) is 36.7 Å². The highest BCUT2D eigenvalue weighted by Crippen LogP contribution is 2.31. The summed E-state index contributed by atoms with van der Waals surface area (Å²) in [6.07, 6.45) is 5.42. The van der Waals surface area contributed by atoms with Crippen LogP contribution in [0.1, 0.15) is 23.3 Å². The fraction of sp³-hybridized carbons (Fsp3) is 0.435. The maximum absolute atomic E-state index is 11.3.